The highest BCUT2D eigenvalue weighted by molar-refractivity contribution is 9.10. The first-order valence-electron chi connectivity index (χ1n) is 7.91. The van der Waals surface area contributed by atoms with E-state index in [0.29, 0.717) is 13.0 Å². The number of ether oxygens (including phenoxy) is 1. The van der Waals surface area contributed by atoms with Crippen molar-refractivity contribution >= 4 is 21.8 Å². The number of amides is 1. The molecule has 6 heteroatoms. The molecular formula is C18H20BrN3O2. The zero-order valence-electron chi connectivity index (χ0n) is 13.5. The van der Waals surface area contributed by atoms with Gasteiger partial charge >= 0.3 is 0 Å². The van der Waals surface area contributed by atoms with Crippen molar-refractivity contribution in [2.24, 2.45) is 0 Å². The van der Waals surface area contributed by atoms with Gasteiger partial charge in [-0.15, -0.1) is 0 Å². The monoisotopic (exact) mass is 389 g/mol. The number of hydrogen-bond donors (Lipinski definition) is 1. The van der Waals surface area contributed by atoms with Crippen molar-refractivity contribution in [3.63, 3.8) is 0 Å². The summed E-state index contributed by atoms with van der Waals surface area (Å²) in [7, 11) is 1.63. The average Bonchev–Trinajstić information content (AvgIpc) is 2.62. The number of rotatable bonds is 4. The lowest BCUT2D eigenvalue weighted by molar-refractivity contribution is -0.133. The molecule has 1 fully saturated rings. The Morgan fingerprint density at radius 3 is 3.08 bits per heavy atom. The molecule has 1 aromatic carbocycles. The molecule has 126 valence electrons. The predicted molar refractivity (Wildman–Crippen MR) is 96.0 cm³/mol. The molecule has 1 aliphatic heterocycles. The molecule has 0 saturated carbocycles. The molecular weight excluding hydrogens is 370 g/mol. The van der Waals surface area contributed by atoms with E-state index in [-0.39, 0.29) is 11.9 Å². The zero-order chi connectivity index (χ0) is 16.9. The number of carbonyl (C=O) groups is 1. The van der Waals surface area contributed by atoms with Crippen LogP contribution >= 0.6 is 15.9 Å². The summed E-state index contributed by atoms with van der Waals surface area (Å²) in [6.45, 7) is 2.24. The number of nitrogens with one attached hydrogen (secondary N) is 1. The fraction of sp³-hybridized carbons (Fsp3) is 0.333. The van der Waals surface area contributed by atoms with E-state index in [0.717, 1.165) is 34.4 Å². The Kier molecular flexibility index (Phi) is 5.48. The number of carbonyl (C=O) groups excluding carboxylic acids is 1. The molecule has 2 aromatic rings. The lowest BCUT2D eigenvalue weighted by Gasteiger charge is -2.36. The number of pyridine rings is 1. The van der Waals surface area contributed by atoms with Crippen LogP contribution in [0.4, 0.5) is 0 Å². The summed E-state index contributed by atoms with van der Waals surface area (Å²) in [6, 6.07) is 9.67. The highest BCUT2D eigenvalue weighted by Crippen LogP contribution is 2.26. The molecule has 3 rings (SSSR count). The van der Waals surface area contributed by atoms with E-state index in [2.05, 4.69) is 26.2 Å². The second kappa shape index (κ2) is 7.77. The summed E-state index contributed by atoms with van der Waals surface area (Å²) < 4.78 is 6.33. The van der Waals surface area contributed by atoms with Crippen LogP contribution in [-0.2, 0) is 11.2 Å². The largest absolute Gasteiger partial charge is 0.496 e. The van der Waals surface area contributed by atoms with Crippen molar-refractivity contribution in [1.82, 2.24) is 15.2 Å². The van der Waals surface area contributed by atoms with Crippen LogP contribution in [0.3, 0.4) is 0 Å². The average molecular weight is 390 g/mol. The van der Waals surface area contributed by atoms with Crippen molar-refractivity contribution in [3.05, 3.63) is 58.3 Å². The first kappa shape index (κ1) is 16.9. The predicted octanol–water partition coefficient (Wildman–Crippen LogP) is 2.57. The first-order chi connectivity index (χ1) is 11.7. The minimum Gasteiger partial charge on any atom is -0.496 e. The Hall–Kier alpha value is -1.92. The maximum Gasteiger partial charge on any atom is 0.227 e. The molecule has 0 aliphatic carbocycles. The number of benzene rings is 1. The fourth-order valence-corrected chi connectivity index (χ4v) is 3.43. The van der Waals surface area contributed by atoms with E-state index < -0.39 is 0 Å². The zero-order valence-corrected chi connectivity index (χ0v) is 15.1. The SMILES string of the molecule is COc1ccc(Br)cc1CC(=O)N1CCNCC1c1cccnc1. The van der Waals surface area contributed by atoms with Gasteiger partial charge in [-0.05, 0) is 29.8 Å². The van der Waals surface area contributed by atoms with Crippen molar-refractivity contribution in [1.29, 1.82) is 0 Å². The van der Waals surface area contributed by atoms with Crippen LogP contribution in [0, 0.1) is 0 Å². The third-order valence-electron chi connectivity index (χ3n) is 4.22. The minimum absolute atomic E-state index is 0.0121. The van der Waals surface area contributed by atoms with Gasteiger partial charge in [0, 0.05) is 42.1 Å². The van der Waals surface area contributed by atoms with Crippen LogP contribution in [-0.4, -0.2) is 42.5 Å². The quantitative estimate of drug-likeness (QED) is 0.872. The molecule has 1 unspecified atom stereocenters. The Morgan fingerprint density at radius 1 is 1.46 bits per heavy atom. The molecule has 1 aliphatic rings. The van der Waals surface area contributed by atoms with Gasteiger partial charge in [0.15, 0.2) is 0 Å². The van der Waals surface area contributed by atoms with E-state index in [1.54, 1.807) is 13.3 Å². The molecule has 1 saturated heterocycles. The maximum atomic E-state index is 12.9. The van der Waals surface area contributed by atoms with Gasteiger partial charge in [0.05, 0.1) is 19.6 Å². The number of piperazine rings is 1. The maximum absolute atomic E-state index is 12.9. The van der Waals surface area contributed by atoms with Crippen LogP contribution < -0.4 is 10.1 Å². The third kappa shape index (κ3) is 3.76. The molecule has 24 heavy (non-hydrogen) atoms. The highest BCUT2D eigenvalue weighted by atomic mass is 79.9. The topological polar surface area (TPSA) is 54.5 Å². The van der Waals surface area contributed by atoms with Crippen molar-refractivity contribution in [3.8, 4) is 5.75 Å². The third-order valence-corrected chi connectivity index (χ3v) is 4.71. The molecule has 1 atom stereocenters. The van der Waals surface area contributed by atoms with Gasteiger partial charge in [0.1, 0.15) is 5.75 Å². The van der Waals surface area contributed by atoms with Gasteiger partial charge in [-0.2, -0.15) is 0 Å². The Labute approximate surface area is 150 Å². The number of nitrogens with zero attached hydrogens (tertiary/aromatic N) is 2. The number of aromatic nitrogens is 1. The van der Waals surface area contributed by atoms with E-state index in [1.165, 1.54) is 0 Å². The second-order valence-corrected chi connectivity index (χ2v) is 6.64. The molecule has 0 radical (unpaired) electrons. The van der Waals surface area contributed by atoms with Crippen LogP contribution in [0.1, 0.15) is 17.2 Å². The van der Waals surface area contributed by atoms with Crippen LogP contribution in [0.5, 0.6) is 5.75 Å². The second-order valence-electron chi connectivity index (χ2n) is 5.73. The summed E-state index contributed by atoms with van der Waals surface area (Å²) in [5.41, 5.74) is 1.94. The number of methoxy groups -OCH3 is 1. The summed E-state index contributed by atoms with van der Waals surface area (Å²) in [4.78, 5) is 19.1. The van der Waals surface area contributed by atoms with Gasteiger partial charge in [0.25, 0.3) is 0 Å². The molecule has 0 spiro atoms. The van der Waals surface area contributed by atoms with E-state index in [4.69, 9.17) is 4.74 Å². The standard InChI is InChI=1S/C18H20BrN3O2/c1-24-17-5-4-15(19)9-14(17)10-18(23)22-8-7-21-12-16(22)13-3-2-6-20-11-13/h2-6,9,11,16,21H,7-8,10,12H2,1H3. The lowest BCUT2D eigenvalue weighted by atomic mass is 10.0. The van der Waals surface area contributed by atoms with Gasteiger partial charge in [-0.25, -0.2) is 0 Å². The lowest BCUT2D eigenvalue weighted by Crippen LogP contribution is -2.49. The van der Waals surface area contributed by atoms with Crippen LogP contribution in [0.15, 0.2) is 47.2 Å². The minimum atomic E-state index is 0.0121. The van der Waals surface area contributed by atoms with Crippen molar-refractivity contribution in [2.75, 3.05) is 26.7 Å². The summed E-state index contributed by atoms with van der Waals surface area (Å²) in [5, 5.41) is 3.36. The summed E-state index contributed by atoms with van der Waals surface area (Å²) in [5.74, 6) is 0.835. The van der Waals surface area contributed by atoms with E-state index >= 15 is 0 Å². The Balaban J connectivity index is 1.81. The van der Waals surface area contributed by atoms with Gasteiger partial charge < -0.3 is 15.0 Å². The molecule has 1 aromatic heterocycles. The Bertz CT molecular complexity index is 709. The Morgan fingerprint density at radius 2 is 2.33 bits per heavy atom. The number of halogens is 1. The van der Waals surface area contributed by atoms with Crippen LogP contribution in [0.25, 0.3) is 0 Å². The molecule has 1 amide bonds. The molecule has 2 heterocycles. The smallest absolute Gasteiger partial charge is 0.227 e. The van der Waals surface area contributed by atoms with Gasteiger partial charge in [-0.1, -0.05) is 22.0 Å². The summed E-state index contributed by atoms with van der Waals surface area (Å²) in [6.07, 6.45) is 3.90. The fourth-order valence-electron chi connectivity index (χ4n) is 3.02. The molecule has 0 bridgehead atoms. The van der Waals surface area contributed by atoms with E-state index in [1.807, 2.05) is 41.4 Å². The van der Waals surface area contributed by atoms with Crippen molar-refractivity contribution in [2.45, 2.75) is 12.5 Å². The number of hydrogen-bond acceptors (Lipinski definition) is 4. The van der Waals surface area contributed by atoms with Gasteiger partial charge in [0.2, 0.25) is 5.91 Å². The van der Waals surface area contributed by atoms with E-state index in [9.17, 15) is 4.79 Å². The van der Waals surface area contributed by atoms with Crippen molar-refractivity contribution < 1.29 is 9.53 Å². The highest BCUT2D eigenvalue weighted by Gasteiger charge is 2.28. The molecule has 5 nitrogen and oxygen atoms in total. The molecule has 1 N–H and O–H groups in total. The summed E-state index contributed by atoms with van der Waals surface area (Å²) >= 11 is 3.46. The normalized spacial score (nSPS) is 17.6. The van der Waals surface area contributed by atoms with Crippen LogP contribution in [0.2, 0.25) is 0 Å². The van der Waals surface area contributed by atoms with Gasteiger partial charge in [-0.3, -0.25) is 9.78 Å². The first-order valence-corrected chi connectivity index (χ1v) is 8.71.